The van der Waals surface area contributed by atoms with E-state index in [0.717, 1.165) is 16.2 Å². The van der Waals surface area contributed by atoms with E-state index in [1.54, 1.807) is 6.07 Å². The minimum absolute atomic E-state index is 0.300. The topological polar surface area (TPSA) is 26.3 Å². The summed E-state index contributed by atoms with van der Waals surface area (Å²) in [6.07, 6.45) is 0. The summed E-state index contributed by atoms with van der Waals surface area (Å²) in [6, 6.07) is 22.6. The Morgan fingerprint density at radius 3 is 2.00 bits per heavy atom. The van der Waals surface area contributed by atoms with E-state index in [1.165, 1.54) is 23.3 Å². The van der Waals surface area contributed by atoms with Crippen molar-refractivity contribution in [3.63, 3.8) is 0 Å². The second-order valence-electron chi connectivity index (χ2n) is 5.42. The number of methoxy groups -OCH3 is 1. The number of carbonyl (C=O) groups excluding carboxylic acids is 1. The highest BCUT2D eigenvalue weighted by atomic mass is 16.5. The van der Waals surface area contributed by atoms with Crippen LogP contribution >= 0.6 is 0 Å². The molecular weight excluding hydrogens is 272 g/mol. The van der Waals surface area contributed by atoms with Gasteiger partial charge in [-0.2, -0.15) is 0 Å². The normalized spacial score (nSPS) is 11.1. The maximum absolute atomic E-state index is 12.0. The second-order valence-corrected chi connectivity index (χ2v) is 5.42. The Bertz CT molecular complexity index is 1030. The average Bonchev–Trinajstić information content (AvgIpc) is 2.56. The monoisotopic (exact) mass is 286 g/mol. The molecule has 0 amide bonds. The number of benzene rings is 4. The number of carbonyl (C=O) groups is 1. The lowest BCUT2D eigenvalue weighted by molar-refractivity contribution is 0.0603. The molecule has 4 aromatic carbocycles. The summed E-state index contributed by atoms with van der Waals surface area (Å²) >= 11 is 0. The average molecular weight is 286 g/mol. The number of esters is 1. The first-order valence-electron chi connectivity index (χ1n) is 7.20. The number of hydrogen-bond acceptors (Lipinski definition) is 2. The first-order chi connectivity index (χ1) is 10.8. The summed E-state index contributed by atoms with van der Waals surface area (Å²) in [6.45, 7) is 0. The van der Waals surface area contributed by atoms with Gasteiger partial charge < -0.3 is 4.74 Å². The van der Waals surface area contributed by atoms with Gasteiger partial charge in [-0.1, -0.05) is 36.4 Å². The van der Waals surface area contributed by atoms with Gasteiger partial charge in [0.15, 0.2) is 0 Å². The van der Waals surface area contributed by atoms with Gasteiger partial charge >= 0.3 is 5.97 Å². The molecule has 106 valence electrons. The molecule has 2 nitrogen and oxygen atoms in total. The van der Waals surface area contributed by atoms with Gasteiger partial charge in [0.05, 0.1) is 12.7 Å². The molecule has 0 spiro atoms. The van der Waals surface area contributed by atoms with Gasteiger partial charge in [0.25, 0.3) is 0 Å². The molecular formula is C20H14O2. The van der Waals surface area contributed by atoms with Crippen LogP contribution in [-0.2, 0) is 4.74 Å². The van der Waals surface area contributed by atoms with Crippen molar-refractivity contribution in [2.24, 2.45) is 0 Å². The van der Waals surface area contributed by atoms with Crippen molar-refractivity contribution >= 4 is 38.3 Å². The molecule has 22 heavy (non-hydrogen) atoms. The Labute approximate surface area is 127 Å². The smallest absolute Gasteiger partial charge is 0.338 e. The van der Waals surface area contributed by atoms with E-state index in [4.69, 9.17) is 4.74 Å². The van der Waals surface area contributed by atoms with E-state index in [9.17, 15) is 4.79 Å². The lowest BCUT2D eigenvalue weighted by Gasteiger charge is -2.08. The summed E-state index contributed by atoms with van der Waals surface area (Å²) in [5.41, 5.74) is 0.607. The zero-order chi connectivity index (χ0) is 15.1. The SMILES string of the molecule is COC(=O)c1cccc2cc3cc4ccccc4cc3cc12. The molecule has 0 saturated heterocycles. The van der Waals surface area contributed by atoms with E-state index in [-0.39, 0.29) is 5.97 Å². The van der Waals surface area contributed by atoms with Crippen molar-refractivity contribution in [1.82, 2.24) is 0 Å². The van der Waals surface area contributed by atoms with Gasteiger partial charge in [0.2, 0.25) is 0 Å². The largest absolute Gasteiger partial charge is 0.465 e. The van der Waals surface area contributed by atoms with Crippen molar-refractivity contribution < 1.29 is 9.53 Å². The third-order valence-corrected chi connectivity index (χ3v) is 4.11. The number of ether oxygens (including phenoxy) is 1. The highest BCUT2D eigenvalue weighted by Gasteiger charge is 2.10. The van der Waals surface area contributed by atoms with Crippen LogP contribution < -0.4 is 0 Å². The third-order valence-electron chi connectivity index (χ3n) is 4.11. The van der Waals surface area contributed by atoms with Crippen LogP contribution in [0.3, 0.4) is 0 Å². The highest BCUT2D eigenvalue weighted by molar-refractivity contribution is 6.10. The van der Waals surface area contributed by atoms with E-state index >= 15 is 0 Å². The van der Waals surface area contributed by atoms with Gasteiger partial charge in [-0.3, -0.25) is 0 Å². The molecule has 0 aliphatic heterocycles. The molecule has 0 heterocycles. The molecule has 0 radical (unpaired) electrons. The quantitative estimate of drug-likeness (QED) is 0.366. The Hall–Kier alpha value is -2.87. The summed E-state index contributed by atoms with van der Waals surface area (Å²) in [7, 11) is 1.41. The van der Waals surface area contributed by atoms with Gasteiger partial charge in [-0.05, 0) is 62.6 Å². The van der Waals surface area contributed by atoms with Crippen LogP contribution in [0.1, 0.15) is 10.4 Å². The van der Waals surface area contributed by atoms with Crippen LogP contribution in [0.4, 0.5) is 0 Å². The Morgan fingerprint density at radius 2 is 1.32 bits per heavy atom. The molecule has 0 aromatic heterocycles. The highest BCUT2D eigenvalue weighted by Crippen LogP contribution is 2.29. The molecule has 4 rings (SSSR count). The minimum Gasteiger partial charge on any atom is -0.465 e. The van der Waals surface area contributed by atoms with Gasteiger partial charge in [-0.25, -0.2) is 4.79 Å². The lowest BCUT2D eigenvalue weighted by Crippen LogP contribution is -2.01. The van der Waals surface area contributed by atoms with E-state index in [0.29, 0.717) is 5.56 Å². The lowest BCUT2D eigenvalue weighted by atomic mass is 9.97. The zero-order valence-corrected chi connectivity index (χ0v) is 12.2. The van der Waals surface area contributed by atoms with Crippen LogP contribution in [0.25, 0.3) is 32.3 Å². The molecule has 4 aromatic rings. The summed E-state index contributed by atoms with van der Waals surface area (Å²) < 4.78 is 4.89. The van der Waals surface area contributed by atoms with Crippen LogP contribution in [-0.4, -0.2) is 13.1 Å². The van der Waals surface area contributed by atoms with Crippen LogP contribution in [0.2, 0.25) is 0 Å². The van der Waals surface area contributed by atoms with Crippen LogP contribution in [0.15, 0.2) is 66.7 Å². The number of fused-ring (bicyclic) bond motifs is 3. The standard InChI is InChI=1S/C20H14O2/c1-22-20(21)18-8-4-7-15-11-16-9-13-5-2-3-6-14(13)10-17(16)12-19(15)18/h2-12H,1H3. The summed E-state index contributed by atoms with van der Waals surface area (Å²) in [4.78, 5) is 12.0. The minimum atomic E-state index is -0.300. The van der Waals surface area contributed by atoms with Crippen LogP contribution in [0, 0.1) is 0 Å². The van der Waals surface area contributed by atoms with Crippen molar-refractivity contribution in [3.8, 4) is 0 Å². The fourth-order valence-corrected chi connectivity index (χ4v) is 3.01. The van der Waals surface area contributed by atoms with E-state index in [2.05, 4.69) is 36.4 Å². The number of hydrogen-bond donors (Lipinski definition) is 0. The molecule has 0 bridgehead atoms. The van der Waals surface area contributed by atoms with E-state index < -0.39 is 0 Å². The molecule has 0 atom stereocenters. The first kappa shape index (κ1) is 12.8. The summed E-state index contributed by atoms with van der Waals surface area (Å²) in [5.74, 6) is -0.300. The second kappa shape index (κ2) is 4.85. The summed E-state index contributed by atoms with van der Waals surface area (Å²) in [5, 5.41) is 6.70. The molecule has 0 aliphatic carbocycles. The van der Waals surface area contributed by atoms with Crippen molar-refractivity contribution in [2.45, 2.75) is 0 Å². The fourth-order valence-electron chi connectivity index (χ4n) is 3.01. The molecule has 0 fully saturated rings. The predicted octanol–water partition coefficient (Wildman–Crippen LogP) is 4.93. The Balaban J connectivity index is 2.10. The van der Waals surface area contributed by atoms with Gasteiger partial charge in [-0.15, -0.1) is 0 Å². The van der Waals surface area contributed by atoms with Gasteiger partial charge in [0.1, 0.15) is 0 Å². The zero-order valence-electron chi connectivity index (χ0n) is 12.2. The number of rotatable bonds is 1. The maximum Gasteiger partial charge on any atom is 0.338 e. The Morgan fingerprint density at radius 1 is 0.727 bits per heavy atom. The molecule has 0 N–H and O–H groups in total. The van der Waals surface area contributed by atoms with Crippen molar-refractivity contribution in [2.75, 3.05) is 7.11 Å². The molecule has 0 saturated carbocycles. The van der Waals surface area contributed by atoms with Crippen molar-refractivity contribution in [3.05, 3.63) is 72.3 Å². The molecule has 0 unspecified atom stereocenters. The van der Waals surface area contributed by atoms with Crippen LogP contribution in [0.5, 0.6) is 0 Å². The van der Waals surface area contributed by atoms with Crippen molar-refractivity contribution in [1.29, 1.82) is 0 Å². The maximum atomic E-state index is 12.0. The van der Waals surface area contributed by atoms with Gasteiger partial charge in [0, 0.05) is 0 Å². The predicted molar refractivity (Wildman–Crippen MR) is 90.3 cm³/mol. The Kier molecular flexibility index (Phi) is 2.83. The fraction of sp³-hybridized carbons (Fsp3) is 0.0500. The molecule has 0 aliphatic rings. The first-order valence-corrected chi connectivity index (χ1v) is 7.20. The molecule has 2 heteroatoms. The van der Waals surface area contributed by atoms with E-state index in [1.807, 2.05) is 24.3 Å². The third kappa shape index (κ3) is 1.92.